The second-order valence-electron chi connectivity index (χ2n) is 1.95. The van der Waals surface area contributed by atoms with E-state index in [4.69, 9.17) is 13.7 Å². The van der Waals surface area contributed by atoms with Gasteiger partial charge in [-0.05, 0) is 43.3 Å². The summed E-state index contributed by atoms with van der Waals surface area (Å²) in [7, 11) is 0. The van der Waals surface area contributed by atoms with E-state index in [1.54, 1.807) is 0 Å². The van der Waals surface area contributed by atoms with Crippen LogP contribution < -0.4 is 0 Å². The Morgan fingerprint density at radius 1 is 1.27 bits per heavy atom. The molecule has 1 aromatic carbocycles. The molecule has 0 aliphatic heterocycles. The van der Waals surface area contributed by atoms with Crippen LogP contribution in [0.3, 0.4) is 0 Å². The summed E-state index contributed by atoms with van der Waals surface area (Å²) < 4.78 is 72.6. The van der Waals surface area contributed by atoms with Gasteiger partial charge in [-0.15, -0.1) is 0 Å². The van der Waals surface area contributed by atoms with Crippen molar-refractivity contribution in [1.82, 2.24) is 0 Å². The van der Waals surface area contributed by atoms with Crippen molar-refractivity contribution in [3.63, 3.8) is 0 Å². The maximum absolute atomic E-state index is 9.91. The van der Waals surface area contributed by atoms with Crippen molar-refractivity contribution >= 4 is 0 Å². The maximum Gasteiger partial charge on any atom is 0.121 e. The van der Waals surface area contributed by atoms with Crippen molar-refractivity contribution in [3.05, 3.63) is 22.7 Å². The van der Waals surface area contributed by atoms with Crippen molar-refractivity contribution in [2.24, 2.45) is 0 Å². The van der Waals surface area contributed by atoms with Crippen LogP contribution in [-0.2, 0) is 0 Å². The highest BCUT2D eigenvalue weighted by Gasteiger charge is 2.06. The fourth-order valence-corrected chi connectivity index (χ4v) is 0.602. The average Bonchev–Trinajstić information content (AvgIpc) is 2.17. The predicted molar refractivity (Wildman–Crippen MR) is 44.0 cm³/mol. The number of benzene rings is 1. The van der Waals surface area contributed by atoms with Gasteiger partial charge >= 0.3 is 0 Å². The van der Waals surface area contributed by atoms with Crippen molar-refractivity contribution in [1.29, 1.82) is 0 Å². The highest BCUT2D eigenvalue weighted by molar-refractivity contribution is 5.50. The number of rotatable bonds is 0. The van der Waals surface area contributed by atoms with Gasteiger partial charge in [0.2, 0.25) is 0 Å². The van der Waals surface area contributed by atoms with Crippen LogP contribution in [-0.4, -0.2) is 10.2 Å². The van der Waals surface area contributed by atoms with E-state index < -0.39 is 54.8 Å². The lowest BCUT2D eigenvalue weighted by molar-refractivity contribution is 0.449. The van der Waals surface area contributed by atoms with E-state index in [-0.39, 0.29) is 0 Å². The summed E-state index contributed by atoms with van der Waals surface area (Å²) in [5, 5.41) is 19.7. The SMILES string of the molecule is [2H]c1c(O)c(C([2H])([2H])[2H])c(C([2H])([2H])[2H])c(O)c1C([2H])([2H])[2H]. The molecule has 0 saturated carbocycles. The molecule has 0 heterocycles. The molecule has 11 heavy (non-hydrogen) atoms. The normalized spacial score (nSPS) is 26.9. The molecular formula is C9H12O2. The first-order valence-corrected chi connectivity index (χ1v) is 2.70. The zero-order valence-corrected chi connectivity index (χ0v) is 5.39. The molecule has 0 radical (unpaired) electrons. The summed E-state index contributed by atoms with van der Waals surface area (Å²) in [5.41, 5.74) is -3.42. The quantitative estimate of drug-likeness (QED) is 0.573. The fourth-order valence-electron chi connectivity index (χ4n) is 0.602. The Kier molecular flexibility index (Phi) is 0.434. The topological polar surface area (TPSA) is 40.5 Å². The van der Waals surface area contributed by atoms with Gasteiger partial charge in [0.15, 0.2) is 0 Å². The van der Waals surface area contributed by atoms with E-state index in [2.05, 4.69) is 0 Å². The van der Waals surface area contributed by atoms with Gasteiger partial charge in [0.25, 0.3) is 0 Å². The zero-order chi connectivity index (χ0) is 17.0. The summed E-state index contributed by atoms with van der Waals surface area (Å²) in [4.78, 5) is 0. The first kappa shape index (κ1) is 1.94. The zero-order valence-electron chi connectivity index (χ0n) is 15.4. The molecule has 0 spiro atoms. The van der Waals surface area contributed by atoms with Crippen LogP contribution in [0.2, 0.25) is 0 Å². The Bertz CT molecular complexity index is 566. The van der Waals surface area contributed by atoms with Crippen LogP contribution in [0.4, 0.5) is 0 Å². The number of aromatic hydroxyl groups is 2. The molecule has 0 amide bonds. The molecule has 2 heteroatoms. The second kappa shape index (κ2) is 2.46. The maximum atomic E-state index is 9.91. The van der Waals surface area contributed by atoms with Crippen LogP contribution in [0.1, 0.15) is 30.4 Å². The fraction of sp³-hybridized carbons (Fsp3) is 0.333. The Morgan fingerprint density at radius 2 is 2.00 bits per heavy atom. The molecule has 0 fully saturated rings. The average molecular weight is 162 g/mol. The van der Waals surface area contributed by atoms with E-state index in [0.717, 1.165) is 0 Å². The number of hydrogen-bond donors (Lipinski definition) is 2. The van der Waals surface area contributed by atoms with E-state index >= 15 is 0 Å². The summed E-state index contributed by atoms with van der Waals surface area (Å²) in [6, 6.07) is -1.13. The van der Waals surface area contributed by atoms with Gasteiger partial charge in [-0.1, -0.05) is 0 Å². The van der Waals surface area contributed by atoms with E-state index in [1.807, 2.05) is 0 Å². The molecule has 0 aromatic heterocycles. The van der Waals surface area contributed by atoms with Crippen molar-refractivity contribution in [2.45, 2.75) is 20.6 Å². The molecule has 60 valence electrons. The summed E-state index contributed by atoms with van der Waals surface area (Å²) in [5.74, 6) is -2.62. The molecule has 0 bridgehead atoms. The molecule has 1 rings (SSSR count). The Hall–Kier alpha value is -1.18. The van der Waals surface area contributed by atoms with Crippen LogP contribution >= 0.6 is 0 Å². The molecular weight excluding hydrogens is 140 g/mol. The standard InChI is InChI=1S/C9H12O2/c1-5-4-8(10)6(2)7(3)9(5)11/h4,10-11H,1-3H3/i1D3,2D3,3D3,4D. The lowest BCUT2D eigenvalue weighted by Crippen LogP contribution is -1.85. The largest absolute Gasteiger partial charge is 0.508 e. The van der Waals surface area contributed by atoms with Gasteiger partial charge in [0.05, 0.1) is 1.37 Å². The van der Waals surface area contributed by atoms with E-state index in [9.17, 15) is 10.2 Å². The third-order valence-corrected chi connectivity index (χ3v) is 1.20. The van der Waals surface area contributed by atoms with Gasteiger partial charge in [-0.25, -0.2) is 0 Å². The summed E-state index contributed by atoms with van der Waals surface area (Å²) >= 11 is 0. The van der Waals surface area contributed by atoms with Gasteiger partial charge in [-0.2, -0.15) is 0 Å². The second-order valence-corrected chi connectivity index (χ2v) is 1.95. The Morgan fingerprint density at radius 3 is 2.55 bits per heavy atom. The molecule has 1 aromatic rings. The van der Waals surface area contributed by atoms with Gasteiger partial charge in [0.1, 0.15) is 11.5 Å². The highest BCUT2D eigenvalue weighted by atomic mass is 16.3. The molecule has 0 unspecified atom stereocenters. The van der Waals surface area contributed by atoms with Crippen molar-refractivity contribution < 1.29 is 23.9 Å². The minimum atomic E-state index is -3.18. The number of phenolic OH excluding ortho intramolecular Hbond substituents is 2. The molecule has 0 atom stereocenters. The van der Waals surface area contributed by atoms with Crippen LogP contribution in [0.15, 0.2) is 6.04 Å². The summed E-state index contributed by atoms with van der Waals surface area (Å²) in [6.07, 6.45) is 0. The monoisotopic (exact) mass is 162 g/mol. The Labute approximate surface area is 80.2 Å². The molecule has 0 aliphatic carbocycles. The third-order valence-electron chi connectivity index (χ3n) is 1.20. The first-order valence-electron chi connectivity index (χ1n) is 7.70. The third kappa shape index (κ3) is 1.16. The van der Waals surface area contributed by atoms with Crippen LogP contribution in [0.25, 0.3) is 0 Å². The summed E-state index contributed by atoms with van der Waals surface area (Å²) in [6.45, 7) is -9.42. The van der Waals surface area contributed by atoms with Gasteiger partial charge in [0, 0.05) is 12.3 Å². The Balaban J connectivity index is 4.05. The number of phenols is 2. The molecule has 2 N–H and O–H groups in total. The van der Waals surface area contributed by atoms with Gasteiger partial charge < -0.3 is 10.2 Å². The van der Waals surface area contributed by atoms with Crippen molar-refractivity contribution in [3.8, 4) is 11.5 Å². The molecule has 0 aliphatic rings. The number of hydrogen-bond acceptors (Lipinski definition) is 2. The molecule has 2 nitrogen and oxygen atoms in total. The van der Waals surface area contributed by atoms with E-state index in [0.29, 0.717) is 0 Å². The predicted octanol–water partition coefficient (Wildman–Crippen LogP) is 2.02. The van der Waals surface area contributed by atoms with Gasteiger partial charge in [-0.3, -0.25) is 0 Å². The van der Waals surface area contributed by atoms with Crippen molar-refractivity contribution in [2.75, 3.05) is 0 Å². The lowest BCUT2D eigenvalue weighted by atomic mass is 10.0. The molecule has 0 saturated heterocycles. The highest BCUT2D eigenvalue weighted by Crippen LogP contribution is 2.30. The minimum absolute atomic E-state index is 1.10. The minimum Gasteiger partial charge on any atom is -0.508 e. The first-order chi connectivity index (χ1) is 9.10. The van der Waals surface area contributed by atoms with Crippen LogP contribution in [0.5, 0.6) is 11.5 Å². The van der Waals surface area contributed by atoms with Crippen LogP contribution in [0, 0.1) is 20.6 Å². The smallest absolute Gasteiger partial charge is 0.121 e. The lowest BCUT2D eigenvalue weighted by Gasteiger charge is -2.07. The van der Waals surface area contributed by atoms with E-state index in [1.165, 1.54) is 0 Å².